The van der Waals surface area contributed by atoms with Crippen molar-refractivity contribution in [3.8, 4) is 17.2 Å². The Balaban J connectivity index is 2.07. The number of anilines is 1. The molecule has 2 aromatic carbocycles. The summed E-state index contributed by atoms with van der Waals surface area (Å²) in [5.41, 5.74) is 7.48. The Hall–Kier alpha value is -1.88. The molecule has 0 heterocycles. The lowest BCUT2D eigenvalue weighted by Gasteiger charge is -2.11. The van der Waals surface area contributed by atoms with Crippen LogP contribution in [0.2, 0.25) is 0 Å². The number of hydrogen-bond acceptors (Lipinski definition) is 4. The monoisotopic (exact) mass is 337 g/mol. The van der Waals surface area contributed by atoms with E-state index in [2.05, 4.69) is 15.9 Å². The fourth-order valence-electron chi connectivity index (χ4n) is 1.75. The third-order valence-corrected chi connectivity index (χ3v) is 3.45. The number of rotatable bonds is 5. The zero-order chi connectivity index (χ0) is 14.5. The highest BCUT2D eigenvalue weighted by Gasteiger charge is 2.05. The molecule has 0 aromatic heterocycles. The first-order chi connectivity index (χ1) is 9.63. The largest absolute Gasteiger partial charge is 0.497 e. The van der Waals surface area contributed by atoms with Crippen molar-refractivity contribution >= 4 is 21.6 Å². The number of halogens is 1. The highest BCUT2D eigenvalue weighted by Crippen LogP contribution is 2.29. The minimum absolute atomic E-state index is 0.430. The van der Waals surface area contributed by atoms with Crippen LogP contribution in [-0.2, 0) is 6.61 Å². The van der Waals surface area contributed by atoms with E-state index in [9.17, 15) is 0 Å². The van der Waals surface area contributed by atoms with E-state index in [0.717, 1.165) is 15.8 Å². The minimum atomic E-state index is 0.430. The van der Waals surface area contributed by atoms with Gasteiger partial charge in [-0.2, -0.15) is 0 Å². The predicted molar refractivity (Wildman–Crippen MR) is 82.4 cm³/mol. The summed E-state index contributed by atoms with van der Waals surface area (Å²) in [4.78, 5) is 0. The van der Waals surface area contributed by atoms with Gasteiger partial charge < -0.3 is 19.9 Å². The van der Waals surface area contributed by atoms with Crippen LogP contribution in [0.25, 0.3) is 0 Å². The van der Waals surface area contributed by atoms with Crippen molar-refractivity contribution in [1.82, 2.24) is 0 Å². The molecular weight excluding hydrogens is 322 g/mol. The number of benzene rings is 2. The van der Waals surface area contributed by atoms with Crippen molar-refractivity contribution in [2.75, 3.05) is 20.0 Å². The summed E-state index contributed by atoms with van der Waals surface area (Å²) in [7, 11) is 3.23. The Morgan fingerprint density at radius 3 is 2.35 bits per heavy atom. The van der Waals surface area contributed by atoms with Crippen LogP contribution in [0, 0.1) is 0 Å². The summed E-state index contributed by atoms with van der Waals surface area (Å²) in [6.45, 7) is 0.430. The van der Waals surface area contributed by atoms with Gasteiger partial charge in [0.2, 0.25) is 0 Å². The number of nitrogens with two attached hydrogens (primary N) is 1. The lowest BCUT2D eigenvalue weighted by atomic mass is 10.2. The van der Waals surface area contributed by atoms with Gasteiger partial charge in [-0.05, 0) is 45.8 Å². The van der Waals surface area contributed by atoms with E-state index < -0.39 is 0 Å². The van der Waals surface area contributed by atoms with E-state index in [1.54, 1.807) is 26.4 Å². The van der Waals surface area contributed by atoms with Crippen LogP contribution in [-0.4, -0.2) is 14.2 Å². The standard InChI is InChI=1S/C15H16BrNO3/c1-18-11-4-6-15(13(17)8-11)20-9-10-3-5-14(19-2)12(16)7-10/h3-8H,9,17H2,1-2H3. The van der Waals surface area contributed by atoms with Crippen molar-refractivity contribution in [2.24, 2.45) is 0 Å². The molecule has 2 rings (SSSR count). The van der Waals surface area contributed by atoms with Gasteiger partial charge in [0.25, 0.3) is 0 Å². The van der Waals surface area contributed by atoms with Gasteiger partial charge >= 0.3 is 0 Å². The predicted octanol–water partition coefficient (Wildman–Crippen LogP) is 3.63. The van der Waals surface area contributed by atoms with E-state index >= 15 is 0 Å². The summed E-state index contributed by atoms with van der Waals surface area (Å²) >= 11 is 3.45. The lowest BCUT2D eigenvalue weighted by Crippen LogP contribution is -1.99. The molecule has 2 aromatic rings. The second kappa shape index (κ2) is 6.52. The van der Waals surface area contributed by atoms with Crippen LogP contribution in [0.5, 0.6) is 17.2 Å². The van der Waals surface area contributed by atoms with Crippen LogP contribution >= 0.6 is 15.9 Å². The molecule has 20 heavy (non-hydrogen) atoms. The summed E-state index contributed by atoms with van der Waals surface area (Å²) in [5.74, 6) is 2.14. The van der Waals surface area contributed by atoms with E-state index in [1.165, 1.54) is 0 Å². The molecular formula is C15H16BrNO3. The van der Waals surface area contributed by atoms with Crippen molar-refractivity contribution in [1.29, 1.82) is 0 Å². The zero-order valence-electron chi connectivity index (χ0n) is 11.4. The molecule has 0 fully saturated rings. The fraction of sp³-hybridized carbons (Fsp3) is 0.200. The zero-order valence-corrected chi connectivity index (χ0v) is 12.9. The van der Waals surface area contributed by atoms with E-state index in [4.69, 9.17) is 19.9 Å². The Morgan fingerprint density at radius 2 is 1.75 bits per heavy atom. The molecule has 0 saturated carbocycles. The fourth-order valence-corrected chi connectivity index (χ4v) is 2.33. The first-order valence-electron chi connectivity index (χ1n) is 6.02. The second-order valence-corrected chi connectivity index (χ2v) is 5.02. The molecule has 4 nitrogen and oxygen atoms in total. The molecule has 0 amide bonds. The van der Waals surface area contributed by atoms with Gasteiger partial charge in [-0.25, -0.2) is 0 Å². The average molecular weight is 338 g/mol. The maximum Gasteiger partial charge on any atom is 0.142 e. The van der Waals surface area contributed by atoms with Gasteiger partial charge in [-0.15, -0.1) is 0 Å². The topological polar surface area (TPSA) is 53.7 Å². The van der Waals surface area contributed by atoms with Gasteiger partial charge in [0.1, 0.15) is 23.9 Å². The normalized spacial score (nSPS) is 10.2. The van der Waals surface area contributed by atoms with Gasteiger partial charge in [0, 0.05) is 6.07 Å². The third kappa shape index (κ3) is 3.36. The van der Waals surface area contributed by atoms with E-state index in [-0.39, 0.29) is 0 Å². The molecule has 5 heteroatoms. The quantitative estimate of drug-likeness (QED) is 0.846. The number of methoxy groups -OCH3 is 2. The molecule has 0 aliphatic carbocycles. The Bertz CT molecular complexity index is 602. The Kier molecular flexibility index (Phi) is 4.74. The summed E-state index contributed by atoms with van der Waals surface area (Å²) in [6, 6.07) is 11.1. The molecule has 0 radical (unpaired) electrons. The highest BCUT2D eigenvalue weighted by atomic mass is 79.9. The average Bonchev–Trinajstić information content (AvgIpc) is 2.46. The summed E-state index contributed by atoms with van der Waals surface area (Å²) in [6.07, 6.45) is 0. The number of hydrogen-bond donors (Lipinski definition) is 1. The maximum absolute atomic E-state index is 5.90. The van der Waals surface area contributed by atoms with Crippen LogP contribution in [0.1, 0.15) is 5.56 Å². The van der Waals surface area contributed by atoms with Crippen LogP contribution in [0.3, 0.4) is 0 Å². The van der Waals surface area contributed by atoms with Gasteiger partial charge in [0.15, 0.2) is 0 Å². The molecule has 0 unspecified atom stereocenters. The van der Waals surface area contributed by atoms with Crippen molar-refractivity contribution in [3.05, 3.63) is 46.4 Å². The molecule has 0 aliphatic rings. The minimum Gasteiger partial charge on any atom is -0.497 e. The highest BCUT2D eigenvalue weighted by molar-refractivity contribution is 9.10. The van der Waals surface area contributed by atoms with E-state index in [0.29, 0.717) is 23.8 Å². The summed E-state index contributed by atoms with van der Waals surface area (Å²) < 4.78 is 16.9. The van der Waals surface area contributed by atoms with Gasteiger partial charge in [-0.1, -0.05) is 6.07 Å². The Morgan fingerprint density at radius 1 is 1.00 bits per heavy atom. The van der Waals surface area contributed by atoms with Crippen LogP contribution in [0.15, 0.2) is 40.9 Å². The van der Waals surface area contributed by atoms with Gasteiger partial charge in [-0.3, -0.25) is 0 Å². The third-order valence-electron chi connectivity index (χ3n) is 2.83. The molecule has 0 saturated heterocycles. The van der Waals surface area contributed by atoms with Crippen LogP contribution < -0.4 is 19.9 Å². The molecule has 0 atom stereocenters. The van der Waals surface area contributed by atoms with Crippen LogP contribution in [0.4, 0.5) is 5.69 Å². The van der Waals surface area contributed by atoms with Crippen molar-refractivity contribution < 1.29 is 14.2 Å². The molecule has 0 aliphatic heterocycles. The first-order valence-corrected chi connectivity index (χ1v) is 6.82. The SMILES string of the molecule is COc1ccc(OCc2ccc(OC)c(Br)c2)c(N)c1. The lowest BCUT2D eigenvalue weighted by molar-refractivity contribution is 0.307. The molecule has 106 valence electrons. The summed E-state index contributed by atoms with van der Waals surface area (Å²) in [5, 5.41) is 0. The number of ether oxygens (including phenoxy) is 3. The van der Waals surface area contributed by atoms with Crippen molar-refractivity contribution in [3.63, 3.8) is 0 Å². The van der Waals surface area contributed by atoms with Gasteiger partial charge in [0.05, 0.1) is 24.4 Å². The number of nitrogen functional groups attached to an aromatic ring is 1. The van der Waals surface area contributed by atoms with Crippen molar-refractivity contribution in [2.45, 2.75) is 6.61 Å². The maximum atomic E-state index is 5.90. The first kappa shape index (κ1) is 14.5. The van der Waals surface area contributed by atoms with E-state index in [1.807, 2.05) is 24.3 Å². The molecule has 0 spiro atoms. The second-order valence-electron chi connectivity index (χ2n) is 4.16. The molecule has 0 bridgehead atoms. The smallest absolute Gasteiger partial charge is 0.142 e. The molecule has 2 N–H and O–H groups in total. The Labute approximate surface area is 126 Å².